The van der Waals surface area contributed by atoms with Gasteiger partial charge in [-0.2, -0.15) is 5.10 Å². The zero-order chi connectivity index (χ0) is 16.0. The number of ether oxygens (including phenoxy) is 1. The number of hydrogen-bond donors (Lipinski definition) is 0. The van der Waals surface area contributed by atoms with E-state index in [1.54, 1.807) is 11.1 Å². The van der Waals surface area contributed by atoms with Crippen LogP contribution in [0.15, 0.2) is 23.3 Å². The molecule has 1 spiro atoms. The van der Waals surface area contributed by atoms with Crippen LogP contribution in [0.4, 0.5) is 13.6 Å². The molecule has 0 unspecified atom stereocenters. The van der Waals surface area contributed by atoms with Gasteiger partial charge in [0.1, 0.15) is 17.2 Å². The number of hydrazone groups is 1. The molecule has 5 nitrogen and oxygen atoms in total. The molecule has 2 saturated heterocycles. The molecule has 1 aromatic rings. The van der Waals surface area contributed by atoms with Crippen molar-refractivity contribution in [2.45, 2.75) is 30.9 Å². The van der Waals surface area contributed by atoms with Gasteiger partial charge in [0.25, 0.3) is 0 Å². The summed E-state index contributed by atoms with van der Waals surface area (Å²) in [4.78, 5) is 14.3. The first kappa shape index (κ1) is 14.6. The van der Waals surface area contributed by atoms with Gasteiger partial charge in [0.05, 0.1) is 19.1 Å². The second kappa shape index (κ2) is 5.26. The Morgan fingerprint density at radius 2 is 2.00 bits per heavy atom. The number of halogens is 2. The molecule has 2 fully saturated rings. The summed E-state index contributed by atoms with van der Waals surface area (Å²) in [6.45, 7) is 1.86. The first-order valence-electron chi connectivity index (χ1n) is 7.77. The van der Waals surface area contributed by atoms with E-state index in [-0.39, 0.29) is 11.6 Å². The summed E-state index contributed by atoms with van der Waals surface area (Å²) >= 11 is 0. The van der Waals surface area contributed by atoms with E-state index >= 15 is 0 Å². The van der Waals surface area contributed by atoms with E-state index in [1.807, 2.05) is 0 Å². The highest BCUT2D eigenvalue weighted by molar-refractivity contribution is 5.79. The van der Waals surface area contributed by atoms with Crippen LogP contribution in [-0.4, -0.2) is 47.5 Å². The molecule has 2 amide bonds. The molecule has 0 radical (unpaired) electrons. The van der Waals surface area contributed by atoms with E-state index in [2.05, 4.69) is 5.10 Å². The Kier molecular flexibility index (Phi) is 3.33. The SMILES string of the molecule is O=C(N1CC2(CCCO2)C1)N1N=CC[C@H]1c1cc(F)cc(F)c1. The first-order chi connectivity index (χ1) is 11.1. The molecule has 1 atom stereocenters. The first-order valence-corrected chi connectivity index (χ1v) is 7.77. The second-order valence-electron chi connectivity index (χ2n) is 6.37. The molecular weight excluding hydrogens is 304 g/mol. The number of nitrogens with zero attached hydrogens (tertiary/aromatic N) is 3. The maximum Gasteiger partial charge on any atom is 0.341 e. The van der Waals surface area contributed by atoms with Gasteiger partial charge in [-0.1, -0.05) is 0 Å². The smallest absolute Gasteiger partial charge is 0.341 e. The van der Waals surface area contributed by atoms with Crippen molar-refractivity contribution in [3.63, 3.8) is 0 Å². The minimum Gasteiger partial charge on any atom is -0.371 e. The fraction of sp³-hybridized carbons (Fsp3) is 0.500. The van der Waals surface area contributed by atoms with Crippen LogP contribution in [0.5, 0.6) is 0 Å². The van der Waals surface area contributed by atoms with Gasteiger partial charge in [0, 0.05) is 25.3 Å². The third kappa shape index (κ3) is 2.49. The van der Waals surface area contributed by atoms with Crippen LogP contribution in [0.3, 0.4) is 0 Å². The molecule has 1 aromatic carbocycles. The van der Waals surface area contributed by atoms with E-state index in [0.29, 0.717) is 25.1 Å². The van der Waals surface area contributed by atoms with Crippen molar-refractivity contribution in [1.82, 2.24) is 9.91 Å². The van der Waals surface area contributed by atoms with Crippen LogP contribution in [0.2, 0.25) is 0 Å². The van der Waals surface area contributed by atoms with Gasteiger partial charge < -0.3 is 9.64 Å². The maximum absolute atomic E-state index is 13.4. The van der Waals surface area contributed by atoms with Gasteiger partial charge in [0.2, 0.25) is 0 Å². The lowest BCUT2D eigenvalue weighted by Crippen LogP contribution is -2.64. The Bertz CT molecular complexity index is 645. The number of rotatable bonds is 1. The van der Waals surface area contributed by atoms with Gasteiger partial charge in [-0.25, -0.2) is 18.6 Å². The molecule has 3 aliphatic rings. The Hall–Kier alpha value is -2.02. The third-order valence-electron chi connectivity index (χ3n) is 4.71. The van der Waals surface area contributed by atoms with Gasteiger partial charge in [0.15, 0.2) is 0 Å². The molecule has 0 N–H and O–H groups in total. The predicted molar refractivity (Wildman–Crippen MR) is 78.9 cm³/mol. The highest BCUT2D eigenvalue weighted by Crippen LogP contribution is 2.37. The number of carbonyl (C=O) groups excluding carboxylic acids is 1. The molecule has 3 heterocycles. The fourth-order valence-electron chi connectivity index (χ4n) is 3.58. The van der Waals surface area contributed by atoms with E-state index in [1.165, 1.54) is 17.1 Å². The molecule has 0 aromatic heterocycles. The van der Waals surface area contributed by atoms with Gasteiger partial charge in [-0.05, 0) is 30.5 Å². The largest absolute Gasteiger partial charge is 0.371 e. The van der Waals surface area contributed by atoms with Crippen LogP contribution < -0.4 is 0 Å². The van der Waals surface area contributed by atoms with Crippen molar-refractivity contribution in [2.75, 3.05) is 19.7 Å². The topological polar surface area (TPSA) is 45.1 Å². The van der Waals surface area contributed by atoms with Gasteiger partial charge in [-0.3, -0.25) is 0 Å². The highest BCUT2D eigenvalue weighted by atomic mass is 19.1. The summed E-state index contributed by atoms with van der Waals surface area (Å²) in [5.41, 5.74) is 0.236. The van der Waals surface area contributed by atoms with Crippen LogP contribution in [-0.2, 0) is 4.74 Å². The molecule has 0 aliphatic carbocycles. The van der Waals surface area contributed by atoms with Crippen LogP contribution in [0.25, 0.3) is 0 Å². The molecule has 23 heavy (non-hydrogen) atoms. The number of hydrogen-bond acceptors (Lipinski definition) is 3. The summed E-state index contributed by atoms with van der Waals surface area (Å²) in [6, 6.07) is 2.62. The van der Waals surface area contributed by atoms with Crippen LogP contribution >= 0.6 is 0 Å². The van der Waals surface area contributed by atoms with Crippen molar-refractivity contribution >= 4 is 12.2 Å². The lowest BCUT2D eigenvalue weighted by Gasteiger charge is -2.48. The van der Waals surface area contributed by atoms with Crippen molar-refractivity contribution in [3.05, 3.63) is 35.4 Å². The molecule has 0 bridgehead atoms. The molecule has 122 valence electrons. The normalized spacial score (nSPS) is 25.2. The lowest BCUT2D eigenvalue weighted by atomic mass is 9.91. The van der Waals surface area contributed by atoms with Crippen LogP contribution in [0, 0.1) is 11.6 Å². The summed E-state index contributed by atoms with van der Waals surface area (Å²) in [6.07, 6.45) is 4.05. The van der Waals surface area contributed by atoms with Crippen molar-refractivity contribution in [3.8, 4) is 0 Å². The van der Waals surface area contributed by atoms with Crippen molar-refractivity contribution in [2.24, 2.45) is 5.10 Å². The van der Waals surface area contributed by atoms with Gasteiger partial charge >= 0.3 is 6.03 Å². The number of benzene rings is 1. The molecule has 0 saturated carbocycles. The third-order valence-corrected chi connectivity index (χ3v) is 4.71. The highest BCUT2D eigenvalue weighted by Gasteiger charge is 2.50. The molecular formula is C16H17F2N3O2. The van der Waals surface area contributed by atoms with Crippen molar-refractivity contribution in [1.29, 1.82) is 0 Å². The molecule has 4 rings (SSSR count). The minimum absolute atomic E-state index is 0.181. The zero-order valence-electron chi connectivity index (χ0n) is 12.5. The second-order valence-corrected chi connectivity index (χ2v) is 6.37. The molecule has 7 heteroatoms. The number of amides is 2. The quantitative estimate of drug-likeness (QED) is 0.798. The van der Waals surface area contributed by atoms with E-state index < -0.39 is 17.7 Å². The Balaban J connectivity index is 1.49. The average molecular weight is 321 g/mol. The Labute approximate surface area is 132 Å². The number of carbonyl (C=O) groups is 1. The number of urea groups is 1. The summed E-state index contributed by atoms with van der Waals surface area (Å²) in [7, 11) is 0. The van der Waals surface area contributed by atoms with Crippen molar-refractivity contribution < 1.29 is 18.3 Å². The summed E-state index contributed by atoms with van der Waals surface area (Å²) in [5, 5.41) is 5.42. The average Bonchev–Trinajstić information content (AvgIpc) is 3.13. The fourth-order valence-corrected chi connectivity index (χ4v) is 3.58. The van der Waals surface area contributed by atoms with Crippen LogP contribution in [0.1, 0.15) is 30.9 Å². The molecule has 3 aliphatic heterocycles. The standard InChI is InChI=1S/C16H17F2N3O2/c17-12-6-11(7-13(18)8-12)14-2-4-19-21(14)15(22)20-9-16(10-20)3-1-5-23-16/h4,6-8,14H,1-3,5,9-10H2/t14-/m0/s1. The maximum atomic E-state index is 13.4. The van der Waals surface area contributed by atoms with Gasteiger partial charge in [-0.15, -0.1) is 0 Å². The summed E-state index contributed by atoms with van der Waals surface area (Å²) in [5.74, 6) is -1.30. The summed E-state index contributed by atoms with van der Waals surface area (Å²) < 4.78 is 32.6. The minimum atomic E-state index is -0.651. The lowest BCUT2D eigenvalue weighted by molar-refractivity contribution is -0.0963. The van der Waals surface area contributed by atoms with E-state index in [0.717, 1.165) is 25.5 Å². The van der Waals surface area contributed by atoms with E-state index in [9.17, 15) is 13.6 Å². The monoisotopic (exact) mass is 321 g/mol. The van der Waals surface area contributed by atoms with E-state index in [4.69, 9.17) is 4.74 Å². The predicted octanol–water partition coefficient (Wildman–Crippen LogP) is 2.68. The Morgan fingerprint density at radius 3 is 2.65 bits per heavy atom. The Morgan fingerprint density at radius 1 is 1.26 bits per heavy atom. The zero-order valence-corrected chi connectivity index (χ0v) is 12.5. The number of likely N-dealkylation sites (tertiary alicyclic amines) is 1.